The Hall–Kier alpha value is -0.760. The molecule has 0 aromatic heterocycles. The minimum absolute atomic E-state index is 0.0281. The van der Waals surface area contributed by atoms with Gasteiger partial charge in [0.1, 0.15) is 19.3 Å². The van der Waals surface area contributed by atoms with Gasteiger partial charge in [-0.2, -0.15) is 0 Å². The third kappa shape index (κ3) is 44.2. The number of quaternary nitrogens is 1. The maximum atomic E-state index is 12.7. The number of esters is 1. The zero-order chi connectivity index (χ0) is 40.6. The van der Waals surface area contributed by atoms with Crippen molar-refractivity contribution >= 4 is 13.8 Å². The van der Waals surface area contributed by atoms with Crippen LogP contribution < -0.4 is 4.89 Å². The van der Waals surface area contributed by atoms with E-state index in [1.54, 1.807) is 0 Å². The number of ether oxygens (including phenoxy) is 2. The molecular weight excluding hydrogens is 709 g/mol. The average molecular weight is 802 g/mol. The molecule has 0 aliphatic carbocycles. The number of phosphoric ester groups is 1. The molecule has 55 heavy (non-hydrogen) atoms. The summed E-state index contributed by atoms with van der Waals surface area (Å²) in [6.45, 7) is 5.41. The number of phosphoric acid groups is 1. The SMILES string of the molecule is CCCC/C=C\CCCCCCCCOCC(COP(=O)([O-])OCC[N+](C)(C)C)OC(=O)CCCCCCCCCCCCCCCCCCCCCCC. The first-order valence-corrected chi connectivity index (χ1v) is 24.9. The van der Waals surface area contributed by atoms with Crippen molar-refractivity contribution in [2.45, 2.75) is 225 Å². The first-order chi connectivity index (χ1) is 26.6. The molecule has 8 nitrogen and oxygen atoms in total. The van der Waals surface area contributed by atoms with Gasteiger partial charge in [0.25, 0.3) is 7.82 Å². The molecule has 328 valence electrons. The summed E-state index contributed by atoms with van der Waals surface area (Å²) in [4.78, 5) is 25.1. The van der Waals surface area contributed by atoms with Crippen molar-refractivity contribution in [1.29, 1.82) is 0 Å². The molecule has 2 unspecified atom stereocenters. The van der Waals surface area contributed by atoms with Crippen molar-refractivity contribution in [2.75, 3.05) is 54.1 Å². The Bertz CT molecular complexity index is 894. The van der Waals surface area contributed by atoms with Gasteiger partial charge in [0.15, 0.2) is 0 Å². The van der Waals surface area contributed by atoms with Gasteiger partial charge in [-0.1, -0.05) is 193 Å². The van der Waals surface area contributed by atoms with Gasteiger partial charge < -0.3 is 27.9 Å². The molecule has 2 atom stereocenters. The van der Waals surface area contributed by atoms with E-state index >= 15 is 0 Å². The monoisotopic (exact) mass is 802 g/mol. The van der Waals surface area contributed by atoms with Crippen molar-refractivity contribution in [3.05, 3.63) is 12.2 Å². The summed E-state index contributed by atoms with van der Waals surface area (Å²) in [5.74, 6) is -0.332. The topological polar surface area (TPSA) is 94.1 Å². The minimum Gasteiger partial charge on any atom is -0.756 e. The Kier molecular flexibility index (Phi) is 39.5. The number of hydrogen-bond acceptors (Lipinski definition) is 7. The van der Waals surface area contributed by atoms with Crippen molar-refractivity contribution in [2.24, 2.45) is 0 Å². The smallest absolute Gasteiger partial charge is 0.306 e. The van der Waals surface area contributed by atoms with Crippen molar-refractivity contribution in [3.63, 3.8) is 0 Å². The molecule has 0 N–H and O–H groups in total. The standard InChI is InChI=1S/C46H92NO7P/c1-6-8-10-12-14-16-18-20-21-22-23-24-25-26-27-28-29-31-33-35-37-39-46(48)54-45(44-53-55(49,50)52-42-40-47(3,4)5)43-51-41-38-36-34-32-30-19-17-15-13-11-9-7-2/h13,15,45H,6-12,14,16-44H2,1-5H3/b15-13-. The van der Waals surface area contributed by atoms with Crippen LogP contribution in [0.15, 0.2) is 12.2 Å². The Balaban J connectivity index is 4.10. The maximum Gasteiger partial charge on any atom is 0.306 e. The lowest BCUT2D eigenvalue weighted by molar-refractivity contribution is -0.870. The van der Waals surface area contributed by atoms with Gasteiger partial charge in [-0.25, -0.2) is 0 Å². The van der Waals surface area contributed by atoms with Crippen LogP contribution in [0, 0.1) is 0 Å². The number of carbonyl (C=O) groups excluding carboxylic acids is 1. The predicted molar refractivity (Wildman–Crippen MR) is 231 cm³/mol. The van der Waals surface area contributed by atoms with Crippen LogP contribution in [0.5, 0.6) is 0 Å². The lowest BCUT2D eigenvalue weighted by Crippen LogP contribution is -2.37. The summed E-state index contributed by atoms with van der Waals surface area (Å²) in [6.07, 6.45) is 43.7. The summed E-state index contributed by atoms with van der Waals surface area (Å²) in [7, 11) is 1.36. The van der Waals surface area contributed by atoms with E-state index in [1.165, 1.54) is 167 Å². The van der Waals surface area contributed by atoms with Crippen LogP contribution >= 0.6 is 7.82 Å². The number of hydrogen-bond donors (Lipinski definition) is 0. The largest absolute Gasteiger partial charge is 0.756 e. The summed E-state index contributed by atoms with van der Waals surface area (Å²) >= 11 is 0. The quantitative estimate of drug-likeness (QED) is 0.0199. The second-order valence-corrected chi connectivity index (χ2v) is 18.5. The van der Waals surface area contributed by atoms with Crippen LogP contribution in [0.2, 0.25) is 0 Å². The second-order valence-electron chi connectivity index (χ2n) is 17.1. The molecule has 0 aliphatic rings. The van der Waals surface area contributed by atoms with Crippen LogP contribution in [-0.4, -0.2) is 70.7 Å². The molecular formula is C46H92NO7P. The molecule has 0 fully saturated rings. The van der Waals surface area contributed by atoms with Crippen molar-refractivity contribution < 1.29 is 37.3 Å². The summed E-state index contributed by atoms with van der Waals surface area (Å²) in [6, 6.07) is 0. The fourth-order valence-corrected chi connectivity index (χ4v) is 7.37. The predicted octanol–water partition coefficient (Wildman–Crippen LogP) is 13.2. The van der Waals surface area contributed by atoms with E-state index in [9.17, 15) is 14.3 Å². The highest BCUT2D eigenvalue weighted by Crippen LogP contribution is 2.38. The van der Waals surface area contributed by atoms with Gasteiger partial charge in [-0.3, -0.25) is 9.36 Å². The van der Waals surface area contributed by atoms with Gasteiger partial charge in [0, 0.05) is 13.0 Å². The van der Waals surface area contributed by atoms with Gasteiger partial charge in [0.2, 0.25) is 0 Å². The zero-order valence-electron chi connectivity index (χ0n) is 37.1. The van der Waals surface area contributed by atoms with Crippen molar-refractivity contribution in [1.82, 2.24) is 0 Å². The molecule has 0 aliphatic heterocycles. The van der Waals surface area contributed by atoms with E-state index in [1.807, 2.05) is 21.1 Å². The van der Waals surface area contributed by atoms with Crippen molar-refractivity contribution in [3.8, 4) is 0 Å². The molecule has 0 spiro atoms. The van der Waals surface area contributed by atoms with E-state index < -0.39 is 13.9 Å². The van der Waals surface area contributed by atoms with E-state index in [-0.39, 0.29) is 25.8 Å². The third-order valence-electron chi connectivity index (χ3n) is 10.3. The molecule has 0 aromatic rings. The van der Waals surface area contributed by atoms with Crippen LogP contribution in [-0.2, 0) is 27.9 Å². The Morgan fingerprint density at radius 2 is 0.964 bits per heavy atom. The van der Waals surface area contributed by atoms with Crippen LogP contribution in [0.1, 0.15) is 219 Å². The number of nitrogens with zero attached hydrogens (tertiary/aromatic N) is 1. The number of allylic oxidation sites excluding steroid dienone is 2. The highest BCUT2D eigenvalue weighted by atomic mass is 31.2. The molecule has 9 heteroatoms. The van der Waals surface area contributed by atoms with Crippen LogP contribution in [0.3, 0.4) is 0 Å². The number of unbranched alkanes of at least 4 members (excludes halogenated alkanes) is 28. The zero-order valence-corrected chi connectivity index (χ0v) is 38.0. The van der Waals surface area contributed by atoms with Crippen LogP contribution in [0.4, 0.5) is 0 Å². The lowest BCUT2D eigenvalue weighted by atomic mass is 10.0. The lowest BCUT2D eigenvalue weighted by Gasteiger charge is -2.28. The van der Waals surface area contributed by atoms with E-state index in [4.69, 9.17) is 18.5 Å². The minimum atomic E-state index is -4.52. The number of likely N-dealkylation sites (N-methyl/N-ethyl adjacent to an activating group) is 1. The first-order valence-electron chi connectivity index (χ1n) is 23.4. The Morgan fingerprint density at radius 1 is 0.545 bits per heavy atom. The summed E-state index contributed by atoms with van der Waals surface area (Å²) in [5.41, 5.74) is 0. The molecule has 0 bridgehead atoms. The molecule has 0 aromatic carbocycles. The Labute approximate surface area is 341 Å². The fraction of sp³-hybridized carbons (Fsp3) is 0.935. The van der Waals surface area contributed by atoms with Gasteiger partial charge in [0.05, 0.1) is 34.4 Å². The molecule has 0 radical (unpaired) electrons. The van der Waals surface area contributed by atoms with Gasteiger partial charge >= 0.3 is 5.97 Å². The normalized spacial score (nSPS) is 13.8. The highest BCUT2D eigenvalue weighted by molar-refractivity contribution is 7.45. The number of carbonyl (C=O) groups is 1. The fourth-order valence-electron chi connectivity index (χ4n) is 6.65. The number of rotatable bonds is 44. The maximum absolute atomic E-state index is 12.7. The van der Waals surface area contributed by atoms with E-state index in [0.717, 1.165) is 32.1 Å². The molecule has 0 amide bonds. The second kappa shape index (κ2) is 40.0. The molecule has 0 rings (SSSR count). The molecule has 0 saturated heterocycles. The summed E-state index contributed by atoms with van der Waals surface area (Å²) < 4.78 is 34.6. The van der Waals surface area contributed by atoms with E-state index in [2.05, 4.69) is 26.0 Å². The molecule has 0 heterocycles. The Morgan fingerprint density at radius 3 is 1.44 bits per heavy atom. The van der Waals surface area contributed by atoms with Gasteiger partial charge in [-0.15, -0.1) is 0 Å². The molecule has 0 saturated carbocycles. The first kappa shape index (κ1) is 54.2. The highest BCUT2D eigenvalue weighted by Gasteiger charge is 2.20. The van der Waals surface area contributed by atoms with Gasteiger partial charge in [-0.05, 0) is 32.1 Å². The van der Waals surface area contributed by atoms with Crippen LogP contribution in [0.25, 0.3) is 0 Å². The summed E-state index contributed by atoms with van der Waals surface area (Å²) in [5, 5.41) is 0. The third-order valence-corrected chi connectivity index (χ3v) is 11.3. The average Bonchev–Trinajstić information content (AvgIpc) is 3.13. The van der Waals surface area contributed by atoms with E-state index in [0.29, 0.717) is 24.1 Å².